The summed E-state index contributed by atoms with van der Waals surface area (Å²) in [7, 11) is 1.96. The number of hydrogen-bond donors (Lipinski definition) is 2. The molecule has 44 heavy (non-hydrogen) atoms. The number of rotatable bonds is 9. The highest BCUT2D eigenvalue weighted by molar-refractivity contribution is 5.90. The summed E-state index contributed by atoms with van der Waals surface area (Å²) in [5.74, 6) is 0.296. The van der Waals surface area contributed by atoms with Gasteiger partial charge in [0.05, 0.1) is 29.9 Å². The van der Waals surface area contributed by atoms with Crippen molar-refractivity contribution in [1.29, 1.82) is 5.26 Å². The van der Waals surface area contributed by atoms with Gasteiger partial charge in [-0.25, -0.2) is 15.0 Å². The summed E-state index contributed by atoms with van der Waals surface area (Å²) in [5, 5.41) is 18.6. The first-order valence-electron chi connectivity index (χ1n) is 15.2. The molecule has 7 rings (SSSR count). The Hall–Kier alpha value is -4.02. The average Bonchev–Trinajstić information content (AvgIpc) is 3.52. The van der Waals surface area contributed by atoms with Crippen LogP contribution in [0.4, 0.5) is 19.0 Å². The molecule has 3 aliphatic rings. The zero-order valence-electron chi connectivity index (χ0n) is 24.6. The number of H-pyrrole nitrogens is 1. The van der Waals surface area contributed by atoms with Crippen LogP contribution in [-0.2, 0) is 18.3 Å². The van der Waals surface area contributed by atoms with Gasteiger partial charge in [-0.3, -0.25) is 9.58 Å². The summed E-state index contributed by atoms with van der Waals surface area (Å²) in [5.41, 5.74) is 1.86. The van der Waals surface area contributed by atoms with Crippen molar-refractivity contribution >= 4 is 16.9 Å². The van der Waals surface area contributed by atoms with Gasteiger partial charge in [-0.15, -0.1) is 0 Å². The molecule has 0 spiro atoms. The molecule has 230 valence electrons. The van der Waals surface area contributed by atoms with Crippen LogP contribution in [0, 0.1) is 11.3 Å². The molecule has 13 heteroatoms. The van der Waals surface area contributed by atoms with E-state index in [0.717, 1.165) is 73.9 Å². The van der Waals surface area contributed by atoms with Crippen LogP contribution in [0.1, 0.15) is 56.2 Å². The Labute approximate surface area is 253 Å². The van der Waals surface area contributed by atoms with Crippen LogP contribution >= 0.6 is 0 Å². The number of aromatic amines is 1. The third-order valence-corrected chi connectivity index (χ3v) is 9.51. The van der Waals surface area contributed by atoms with Gasteiger partial charge in [-0.2, -0.15) is 23.5 Å². The van der Waals surface area contributed by atoms with E-state index in [1.807, 2.05) is 30.2 Å². The Morgan fingerprint density at radius 2 is 1.95 bits per heavy atom. The van der Waals surface area contributed by atoms with Gasteiger partial charge in [-0.05, 0) is 69.3 Å². The Kier molecular flexibility index (Phi) is 7.29. The zero-order chi connectivity index (χ0) is 30.5. The first kappa shape index (κ1) is 28.7. The Morgan fingerprint density at radius 1 is 1.16 bits per heavy atom. The van der Waals surface area contributed by atoms with Crippen LogP contribution in [0.2, 0.25) is 0 Å². The van der Waals surface area contributed by atoms with Gasteiger partial charge in [0.2, 0.25) is 0 Å². The maximum absolute atomic E-state index is 13.7. The fraction of sp³-hybridized carbons (Fsp3) is 0.516. The molecule has 5 heterocycles. The van der Waals surface area contributed by atoms with Gasteiger partial charge in [-0.1, -0.05) is 0 Å². The monoisotopic (exact) mass is 604 g/mol. The average molecular weight is 605 g/mol. The maximum atomic E-state index is 13.7. The summed E-state index contributed by atoms with van der Waals surface area (Å²) in [6, 6.07) is 8.09. The molecule has 0 aromatic carbocycles. The summed E-state index contributed by atoms with van der Waals surface area (Å²) in [6.45, 7) is 2.14. The summed E-state index contributed by atoms with van der Waals surface area (Å²) in [6.07, 6.45) is 8.47. The minimum atomic E-state index is -4.49. The standard InChI is InChI=1S/C31H35F3N10/c1-42(23-2-3-23)17-20-12-26(31(32,33)34)41-27(13-20)40-22-5-10-43(11-6-22)24-14-30(15-24,7-8-35)44-18-21(16-39-44)28-25-4-9-36-29(25)38-19-37-28/h4,9,12-13,16,18-19,22-24H,2-3,5-7,10-11,14-15,17H2,1H3,(H,40,41)(H,36,37,38)/t24-,30-. The van der Waals surface area contributed by atoms with Crippen LogP contribution in [0.3, 0.4) is 0 Å². The number of pyridine rings is 1. The van der Waals surface area contributed by atoms with E-state index in [-0.39, 0.29) is 11.6 Å². The smallest absolute Gasteiger partial charge is 0.367 e. The highest BCUT2D eigenvalue weighted by atomic mass is 19.4. The molecule has 2 saturated carbocycles. The van der Waals surface area contributed by atoms with Gasteiger partial charge in [0.25, 0.3) is 0 Å². The second-order valence-electron chi connectivity index (χ2n) is 12.6. The minimum Gasteiger partial charge on any atom is -0.367 e. The highest BCUT2D eigenvalue weighted by Gasteiger charge is 2.49. The van der Waals surface area contributed by atoms with E-state index in [1.165, 1.54) is 12.4 Å². The van der Waals surface area contributed by atoms with E-state index in [0.29, 0.717) is 36.4 Å². The summed E-state index contributed by atoms with van der Waals surface area (Å²) >= 11 is 0. The lowest BCUT2D eigenvalue weighted by atomic mass is 9.69. The maximum Gasteiger partial charge on any atom is 0.433 e. The van der Waals surface area contributed by atoms with Crippen LogP contribution in [0.15, 0.2) is 43.1 Å². The molecule has 0 unspecified atom stereocenters. The summed E-state index contributed by atoms with van der Waals surface area (Å²) < 4.78 is 42.9. The van der Waals surface area contributed by atoms with Gasteiger partial charge in [0.1, 0.15) is 23.5 Å². The van der Waals surface area contributed by atoms with E-state index < -0.39 is 11.9 Å². The Balaban J connectivity index is 0.984. The molecular weight excluding hydrogens is 569 g/mol. The van der Waals surface area contributed by atoms with Crippen molar-refractivity contribution in [3.05, 3.63) is 54.4 Å². The van der Waals surface area contributed by atoms with Crippen molar-refractivity contribution in [2.24, 2.45) is 0 Å². The van der Waals surface area contributed by atoms with E-state index in [2.05, 4.69) is 46.2 Å². The zero-order valence-corrected chi connectivity index (χ0v) is 24.6. The number of likely N-dealkylation sites (tertiary alicyclic amines) is 1. The van der Waals surface area contributed by atoms with Crippen molar-refractivity contribution in [3.63, 3.8) is 0 Å². The molecule has 0 radical (unpaired) electrons. The van der Waals surface area contributed by atoms with E-state index in [9.17, 15) is 18.4 Å². The number of alkyl halides is 3. The van der Waals surface area contributed by atoms with Crippen molar-refractivity contribution in [1.82, 2.24) is 39.5 Å². The Bertz CT molecular complexity index is 1670. The molecule has 1 saturated heterocycles. The number of halogens is 3. The number of piperidine rings is 1. The second kappa shape index (κ2) is 11.2. The molecule has 10 nitrogen and oxygen atoms in total. The van der Waals surface area contributed by atoms with E-state index >= 15 is 0 Å². The van der Waals surface area contributed by atoms with Crippen LogP contribution in [0.25, 0.3) is 22.3 Å². The molecule has 3 fully saturated rings. The lowest BCUT2D eigenvalue weighted by Gasteiger charge is -2.52. The van der Waals surface area contributed by atoms with Crippen molar-refractivity contribution < 1.29 is 13.2 Å². The van der Waals surface area contributed by atoms with Crippen LogP contribution in [0.5, 0.6) is 0 Å². The van der Waals surface area contributed by atoms with Gasteiger partial charge in [0, 0.05) is 61.1 Å². The normalized spacial score (nSPS) is 23.1. The lowest BCUT2D eigenvalue weighted by Crippen LogP contribution is -2.58. The molecule has 4 aromatic heterocycles. The van der Waals surface area contributed by atoms with Crippen LogP contribution < -0.4 is 5.32 Å². The molecule has 0 bridgehead atoms. The predicted octanol–water partition coefficient (Wildman–Crippen LogP) is 5.18. The van der Waals surface area contributed by atoms with Crippen LogP contribution in [-0.4, -0.2) is 77.8 Å². The van der Waals surface area contributed by atoms with Crippen molar-refractivity contribution in [3.8, 4) is 17.3 Å². The largest absolute Gasteiger partial charge is 0.433 e. The number of anilines is 1. The van der Waals surface area contributed by atoms with Gasteiger partial charge >= 0.3 is 6.18 Å². The molecule has 4 aromatic rings. The number of nitrogens with one attached hydrogen (secondary N) is 2. The van der Waals surface area contributed by atoms with Gasteiger partial charge in [0.15, 0.2) is 0 Å². The summed E-state index contributed by atoms with van der Waals surface area (Å²) in [4.78, 5) is 20.4. The van der Waals surface area contributed by atoms with Crippen molar-refractivity contribution in [2.75, 3.05) is 25.5 Å². The quantitative estimate of drug-likeness (QED) is 0.269. The van der Waals surface area contributed by atoms with Gasteiger partial charge < -0.3 is 15.2 Å². The predicted molar refractivity (Wildman–Crippen MR) is 158 cm³/mol. The molecule has 1 aliphatic heterocycles. The highest BCUT2D eigenvalue weighted by Crippen LogP contribution is 2.45. The first-order valence-corrected chi connectivity index (χ1v) is 15.2. The minimum absolute atomic E-state index is 0.0481. The second-order valence-corrected chi connectivity index (χ2v) is 12.6. The van der Waals surface area contributed by atoms with Crippen molar-refractivity contribution in [2.45, 2.75) is 81.3 Å². The lowest BCUT2D eigenvalue weighted by molar-refractivity contribution is -0.141. The number of hydrogen-bond acceptors (Lipinski definition) is 8. The third kappa shape index (κ3) is 5.64. The fourth-order valence-corrected chi connectivity index (χ4v) is 6.89. The molecular formula is C31H35F3N10. The number of nitriles is 1. The first-order chi connectivity index (χ1) is 21.2. The number of fused-ring (bicyclic) bond motifs is 1. The number of nitrogens with zero attached hydrogens (tertiary/aromatic N) is 8. The third-order valence-electron chi connectivity index (χ3n) is 9.51. The SMILES string of the molecule is CN(Cc1cc(NC2CCN([C@H]3C[C@](CC#N)(n4cc(-c5ncnc6[nH]ccc56)cn4)C3)CC2)nc(C(F)(F)F)c1)C1CC1. The molecule has 2 aliphatic carbocycles. The van der Waals surface area contributed by atoms with E-state index in [1.54, 1.807) is 12.3 Å². The fourth-order valence-electron chi connectivity index (χ4n) is 6.89. The van der Waals surface area contributed by atoms with E-state index in [4.69, 9.17) is 0 Å². The molecule has 0 atom stereocenters. The number of aromatic nitrogens is 6. The Morgan fingerprint density at radius 3 is 2.68 bits per heavy atom. The molecule has 2 N–H and O–H groups in total. The molecule has 0 amide bonds. The topological polar surface area (TPSA) is 115 Å².